The number of nitrogens with one attached hydrogen (secondary N) is 1. The van der Waals surface area contributed by atoms with Gasteiger partial charge in [-0.25, -0.2) is 9.59 Å². The number of fused-ring (bicyclic) bond motifs is 1. The Morgan fingerprint density at radius 3 is 2.40 bits per heavy atom. The van der Waals surface area contributed by atoms with E-state index < -0.39 is 29.4 Å². The summed E-state index contributed by atoms with van der Waals surface area (Å²) in [7, 11) is 0. The lowest BCUT2D eigenvalue weighted by Gasteiger charge is -2.36. The normalized spacial score (nSPS) is 14.5. The molecule has 15 heteroatoms. The summed E-state index contributed by atoms with van der Waals surface area (Å²) in [6.07, 6.45) is 6.82. The van der Waals surface area contributed by atoms with Crippen LogP contribution in [0.1, 0.15) is 98.1 Å². The smallest absolute Gasteiger partial charge is 0.481 e. The van der Waals surface area contributed by atoms with Crippen LogP contribution in [0.5, 0.6) is 11.5 Å². The van der Waals surface area contributed by atoms with Gasteiger partial charge in [-0.2, -0.15) is 0 Å². The van der Waals surface area contributed by atoms with Crippen molar-refractivity contribution in [2.24, 2.45) is 0 Å². The Labute approximate surface area is 341 Å². The molecule has 1 fully saturated rings. The van der Waals surface area contributed by atoms with Crippen molar-refractivity contribution in [2.75, 3.05) is 44.8 Å². The first-order valence-corrected chi connectivity index (χ1v) is 20.4. The molecule has 316 valence electrons. The minimum Gasteiger partial charge on any atom is -0.481 e. The summed E-state index contributed by atoms with van der Waals surface area (Å²) in [4.78, 5) is 55.9. The molecule has 1 N–H and O–H groups in total. The molecule has 2 heterocycles. The van der Waals surface area contributed by atoms with Gasteiger partial charge in [0.15, 0.2) is 18.1 Å². The summed E-state index contributed by atoms with van der Waals surface area (Å²) in [5, 5.41) is 11.2. The quantitative estimate of drug-likeness (QED) is 0.0885. The number of aryl methyl sites for hydroxylation is 1. The predicted molar refractivity (Wildman–Crippen MR) is 218 cm³/mol. The van der Waals surface area contributed by atoms with Gasteiger partial charge in [0.1, 0.15) is 22.6 Å². The van der Waals surface area contributed by atoms with Crippen LogP contribution in [0.25, 0.3) is 11.3 Å². The molecule has 1 aliphatic heterocycles. The van der Waals surface area contributed by atoms with Crippen molar-refractivity contribution in [3.8, 4) is 22.8 Å². The van der Waals surface area contributed by atoms with E-state index in [9.17, 15) is 19.2 Å². The maximum Gasteiger partial charge on any atom is 0.514 e. The van der Waals surface area contributed by atoms with Crippen LogP contribution in [0.2, 0.25) is 0 Å². The summed E-state index contributed by atoms with van der Waals surface area (Å²) in [6.45, 7) is 14.7. The van der Waals surface area contributed by atoms with Crippen LogP contribution >= 0.6 is 0 Å². The number of nitrogens with zero attached hydrogens (tertiary/aromatic N) is 5. The molecule has 1 aliphatic carbocycles. The van der Waals surface area contributed by atoms with E-state index in [4.69, 9.17) is 23.7 Å². The Balaban J connectivity index is 1.22. The Hall–Kier alpha value is -5.18. The Morgan fingerprint density at radius 1 is 0.931 bits per heavy atom. The second-order valence-corrected chi connectivity index (χ2v) is 16.7. The molecule has 2 aliphatic rings. The third kappa shape index (κ3) is 13.2. The molecule has 1 aromatic heterocycles. The number of carbonyl (C=O) groups is 4. The van der Waals surface area contributed by atoms with Gasteiger partial charge in [0.25, 0.3) is 5.91 Å². The van der Waals surface area contributed by atoms with Gasteiger partial charge in [-0.15, -0.1) is 5.10 Å². The lowest BCUT2D eigenvalue weighted by Crippen LogP contribution is -2.48. The SMILES string of the molecule is CCn1cc(-c2cccc(CCOCCC(=O)N(CCN(CCc3ccc(OC(=O)OC(C)(C)C)c4c3OCC(=O)N4)C(=O)OC(C)(C)C)C3CCCCC3)c2)nn1. The highest BCUT2D eigenvalue weighted by Gasteiger charge is 2.30. The largest absolute Gasteiger partial charge is 0.514 e. The van der Waals surface area contributed by atoms with Crippen molar-refractivity contribution in [1.82, 2.24) is 24.8 Å². The molecular weight excluding hydrogens is 745 g/mol. The molecular formula is C43H60N6O9. The lowest BCUT2D eigenvalue weighted by molar-refractivity contribution is -0.135. The maximum atomic E-state index is 13.9. The summed E-state index contributed by atoms with van der Waals surface area (Å²) < 4.78 is 30.2. The fourth-order valence-corrected chi connectivity index (χ4v) is 6.92. The maximum absolute atomic E-state index is 13.9. The van der Waals surface area contributed by atoms with Crippen molar-refractivity contribution in [3.63, 3.8) is 0 Å². The van der Waals surface area contributed by atoms with Gasteiger partial charge >= 0.3 is 12.2 Å². The van der Waals surface area contributed by atoms with Gasteiger partial charge in [0.2, 0.25) is 5.91 Å². The standard InChI is InChI=1S/C43H60N6O9/c1-8-48-28-34(45-46-48)32-14-12-13-30(27-32)20-25-54-26-21-37(51)49(33-15-10-9-11-16-33)24-23-47(40(52)57-42(2,3)4)22-19-31-17-18-35(56-41(53)58-43(5,6)7)38-39(31)55-29-36(50)44-38/h12-14,17-18,27-28,33H,8-11,15-16,19-26,29H2,1-7H3,(H,44,50). The fraction of sp³-hybridized carbons (Fsp3) is 0.581. The zero-order valence-electron chi connectivity index (χ0n) is 35.1. The summed E-state index contributed by atoms with van der Waals surface area (Å²) in [6, 6.07) is 11.5. The van der Waals surface area contributed by atoms with E-state index in [-0.39, 0.29) is 56.1 Å². The molecule has 0 unspecified atom stereocenters. The molecule has 3 aromatic rings. The number of rotatable bonds is 16. The lowest BCUT2D eigenvalue weighted by atomic mass is 9.94. The summed E-state index contributed by atoms with van der Waals surface area (Å²) in [5.41, 5.74) is 2.32. The minimum absolute atomic E-state index is 0.00386. The number of anilines is 1. The Morgan fingerprint density at radius 2 is 1.69 bits per heavy atom. The predicted octanol–water partition coefficient (Wildman–Crippen LogP) is 7.20. The van der Waals surface area contributed by atoms with E-state index >= 15 is 0 Å². The fourth-order valence-electron chi connectivity index (χ4n) is 6.92. The van der Waals surface area contributed by atoms with Gasteiger partial charge in [-0.3, -0.25) is 14.3 Å². The molecule has 5 rings (SSSR count). The van der Waals surface area contributed by atoms with E-state index in [2.05, 4.69) is 27.8 Å². The first-order valence-electron chi connectivity index (χ1n) is 20.4. The molecule has 1 saturated carbocycles. The highest BCUT2D eigenvalue weighted by Crippen LogP contribution is 2.40. The second-order valence-electron chi connectivity index (χ2n) is 16.7. The number of ether oxygens (including phenoxy) is 5. The molecule has 0 atom stereocenters. The summed E-state index contributed by atoms with van der Waals surface area (Å²) >= 11 is 0. The molecule has 0 bridgehead atoms. The molecule has 0 spiro atoms. The molecule has 0 saturated heterocycles. The van der Waals surface area contributed by atoms with Crippen LogP contribution in [0.3, 0.4) is 0 Å². The number of carbonyl (C=O) groups excluding carboxylic acids is 4. The van der Waals surface area contributed by atoms with Crippen LogP contribution < -0.4 is 14.8 Å². The molecule has 3 amide bonds. The van der Waals surface area contributed by atoms with Crippen molar-refractivity contribution < 1.29 is 42.9 Å². The minimum atomic E-state index is -0.918. The van der Waals surface area contributed by atoms with Gasteiger partial charge in [-0.1, -0.05) is 48.7 Å². The average molecular weight is 805 g/mol. The summed E-state index contributed by atoms with van der Waals surface area (Å²) in [5.74, 6) is 0.0265. The molecule has 0 radical (unpaired) electrons. The molecule has 2 aromatic carbocycles. The zero-order chi connectivity index (χ0) is 41.9. The number of hydrogen-bond donors (Lipinski definition) is 1. The Kier molecular flexibility index (Phi) is 15.1. The highest BCUT2D eigenvalue weighted by molar-refractivity contribution is 5.98. The molecule has 58 heavy (non-hydrogen) atoms. The van der Waals surface area contributed by atoms with Crippen LogP contribution in [0.15, 0.2) is 42.6 Å². The van der Waals surface area contributed by atoms with E-state index in [1.807, 2.05) is 50.9 Å². The van der Waals surface area contributed by atoms with Gasteiger partial charge in [0.05, 0.1) is 25.8 Å². The van der Waals surface area contributed by atoms with Crippen LogP contribution in [-0.2, 0) is 43.2 Å². The zero-order valence-corrected chi connectivity index (χ0v) is 35.1. The van der Waals surface area contributed by atoms with Crippen LogP contribution in [-0.4, -0.2) is 106 Å². The van der Waals surface area contributed by atoms with E-state index in [1.165, 1.54) is 0 Å². The van der Waals surface area contributed by atoms with Crippen LogP contribution in [0.4, 0.5) is 15.3 Å². The van der Waals surface area contributed by atoms with E-state index in [1.54, 1.807) is 42.5 Å². The third-order valence-electron chi connectivity index (χ3n) is 9.73. The number of aromatic nitrogens is 3. The van der Waals surface area contributed by atoms with Crippen LogP contribution in [0, 0.1) is 0 Å². The van der Waals surface area contributed by atoms with Gasteiger partial charge in [-0.05, 0) is 97.4 Å². The topological polar surface area (TPSA) is 164 Å². The van der Waals surface area contributed by atoms with Crippen molar-refractivity contribution in [1.29, 1.82) is 0 Å². The van der Waals surface area contributed by atoms with E-state index in [0.717, 1.165) is 55.5 Å². The van der Waals surface area contributed by atoms with Crippen molar-refractivity contribution >= 4 is 29.8 Å². The first-order chi connectivity index (χ1) is 27.6. The van der Waals surface area contributed by atoms with Gasteiger partial charge < -0.3 is 38.8 Å². The van der Waals surface area contributed by atoms with Crippen molar-refractivity contribution in [3.05, 3.63) is 53.7 Å². The molecule has 15 nitrogen and oxygen atoms in total. The third-order valence-corrected chi connectivity index (χ3v) is 9.73. The van der Waals surface area contributed by atoms with Gasteiger partial charge in [0, 0.05) is 37.8 Å². The van der Waals surface area contributed by atoms with E-state index in [0.29, 0.717) is 37.3 Å². The van der Waals surface area contributed by atoms with Crippen molar-refractivity contribution in [2.45, 2.75) is 124 Å². The monoisotopic (exact) mass is 804 g/mol. The Bertz CT molecular complexity index is 1880. The number of benzene rings is 2. The number of hydrogen-bond acceptors (Lipinski definition) is 11. The second kappa shape index (κ2) is 20.0. The first kappa shape index (κ1) is 43.9. The highest BCUT2D eigenvalue weighted by atomic mass is 16.7. The average Bonchev–Trinajstić information content (AvgIpc) is 3.65. The number of amides is 3.